The van der Waals surface area contributed by atoms with E-state index in [0.29, 0.717) is 17.0 Å². The van der Waals surface area contributed by atoms with E-state index in [1.165, 1.54) is 24.5 Å². The lowest BCUT2D eigenvalue weighted by molar-refractivity contribution is -0.137. The number of benzene rings is 1. The first kappa shape index (κ1) is 13.2. The van der Waals surface area contributed by atoms with Crippen LogP contribution >= 0.6 is 0 Å². The first-order chi connectivity index (χ1) is 8.88. The third-order valence-electron chi connectivity index (χ3n) is 2.57. The molecule has 0 aliphatic carbocycles. The van der Waals surface area contributed by atoms with Gasteiger partial charge in [-0.3, -0.25) is 4.79 Å². The number of alkyl halides is 3. The van der Waals surface area contributed by atoms with Gasteiger partial charge in [-0.05, 0) is 37.3 Å². The zero-order valence-corrected chi connectivity index (χ0v) is 9.91. The van der Waals surface area contributed by atoms with Gasteiger partial charge in [0.05, 0.1) is 17.4 Å². The molecule has 2 rings (SSSR count). The number of furan rings is 1. The van der Waals surface area contributed by atoms with Crippen LogP contribution in [0.4, 0.5) is 18.9 Å². The minimum absolute atomic E-state index is 0.290. The van der Waals surface area contributed by atoms with Crippen molar-refractivity contribution in [3.63, 3.8) is 0 Å². The fourth-order valence-electron chi connectivity index (χ4n) is 1.56. The third kappa shape index (κ3) is 2.96. The summed E-state index contributed by atoms with van der Waals surface area (Å²) in [6, 6.07) is 5.73. The van der Waals surface area contributed by atoms with Gasteiger partial charge in [0, 0.05) is 5.69 Å². The van der Waals surface area contributed by atoms with Crippen LogP contribution in [0.5, 0.6) is 0 Å². The van der Waals surface area contributed by atoms with Gasteiger partial charge in [-0.15, -0.1) is 0 Å². The van der Waals surface area contributed by atoms with Gasteiger partial charge in [0.1, 0.15) is 5.76 Å². The monoisotopic (exact) mass is 269 g/mol. The van der Waals surface area contributed by atoms with Crippen molar-refractivity contribution < 1.29 is 22.4 Å². The van der Waals surface area contributed by atoms with E-state index in [1.54, 1.807) is 6.92 Å². The molecule has 1 aromatic heterocycles. The number of hydrogen-bond donors (Lipinski definition) is 1. The first-order valence-corrected chi connectivity index (χ1v) is 5.40. The maximum atomic E-state index is 12.4. The van der Waals surface area contributed by atoms with Crippen LogP contribution in [0.2, 0.25) is 0 Å². The van der Waals surface area contributed by atoms with Gasteiger partial charge in [0.15, 0.2) is 0 Å². The van der Waals surface area contributed by atoms with Gasteiger partial charge in [0.2, 0.25) is 0 Å². The Morgan fingerprint density at radius 1 is 1.16 bits per heavy atom. The normalized spacial score (nSPS) is 11.4. The SMILES string of the molecule is Cc1occc1C(=O)Nc1ccc(C(F)(F)F)cc1. The molecule has 0 spiro atoms. The molecule has 0 radical (unpaired) electrons. The second-order valence-corrected chi connectivity index (χ2v) is 3.92. The van der Waals surface area contributed by atoms with Crippen LogP contribution in [0, 0.1) is 6.92 Å². The Kier molecular flexibility index (Phi) is 3.33. The Morgan fingerprint density at radius 2 is 1.79 bits per heavy atom. The molecule has 0 aliphatic heterocycles. The van der Waals surface area contributed by atoms with Crippen molar-refractivity contribution in [2.24, 2.45) is 0 Å². The topological polar surface area (TPSA) is 42.2 Å². The summed E-state index contributed by atoms with van der Waals surface area (Å²) in [6.45, 7) is 1.63. The Balaban J connectivity index is 2.12. The zero-order chi connectivity index (χ0) is 14.0. The van der Waals surface area contributed by atoms with Crippen molar-refractivity contribution >= 4 is 11.6 Å². The molecule has 0 aliphatic rings. The lowest BCUT2D eigenvalue weighted by atomic mass is 10.2. The van der Waals surface area contributed by atoms with Crippen LogP contribution in [0.25, 0.3) is 0 Å². The summed E-state index contributed by atoms with van der Waals surface area (Å²) in [5, 5.41) is 2.50. The molecule has 0 atom stereocenters. The highest BCUT2D eigenvalue weighted by Crippen LogP contribution is 2.29. The van der Waals surface area contributed by atoms with Crippen LogP contribution in [0.1, 0.15) is 21.7 Å². The van der Waals surface area contributed by atoms with Crippen molar-refractivity contribution in [2.75, 3.05) is 5.32 Å². The molecule has 19 heavy (non-hydrogen) atoms. The van der Waals surface area contributed by atoms with Crippen LogP contribution in [-0.2, 0) is 6.18 Å². The number of carbonyl (C=O) groups is 1. The summed E-state index contributed by atoms with van der Waals surface area (Å²) in [6.07, 6.45) is -3.01. The van der Waals surface area contributed by atoms with Gasteiger partial charge < -0.3 is 9.73 Å². The lowest BCUT2D eigenvalue weighted by Crippen LogP contribution is -2.12. The molecule has 0 bridgehead atoms. The number of rotatable bonds is 2. The fourth-order valence-corrected chi connectivity index (χ4v) is 1.56. The van der Waals surface area contributed by atoms with E-state index in [4.69, 9.17) is 4.42 Å². The molecule has 0 fully saturated rings. The standard InChI is InChI=1S/C13H10F3NO2/c1-8-11(6-7-19-8)12(18)17-10-4-2-9(3-5-10)13(14,15)16/h2-7H,1H3,(H,17,18). The highest BCUT2D eigenvalue weighted by atomic mass is 19.4. The van der Waals surface area contributed by atoms with Crippen LogP contribution in [-0.4, -0.2) is 5.91 Å². The highest BCUT2D eigenvalue weighted by Gasteiger charge is 2.30. The summed E-state index contributed by atoms with van der Waals surface area (Å²) in [4.78, 5) is 11.8. The average Bonchev–Trinajstić information content (AvgIpc) is 2.75. The van der Waals surface area contributed by atoms with E-state index in [0.717, 1.165) is 12.1 Å². The molecule has 1 aromatic carbocycles. The molecule has 0 unspecified atom stereocenters. The van der Waals surface area contributed by atoms with E-state index in [2.05, 4.69) is 5.32 Å². The molecule has 0 saturated heterocycles. The molecule has 1 heterocycles. The Bertz CT molecular complexity index is 585. The van der Waals surface area contributed by atoms with Crippen molar-refractivity contribution in [1.29, 1.82) is 0 Å². The molecule has 100 valence electrons. The summed E-state index contributed by atoms with van der Waals surface area (Å²) < 4.78 is 42.1. The Labute approximate surface area is 107 Å². The molecule has 0 saturated carbocycles. The summed E-state index contributed by atoms with van der Waals surface area (Å²) in [7, 11) is 0. The summed E-state index contributed by atoms with van der Waals surface area (Å²) in [5.41, 5.74) is -0.122. The van der Waals surface area contributed by atoms with Crippen LogP contribution in [0.3, 0.4) is 0 Å². The van der Waals surface area contributed by atoms with E-state index in [1.807, 2.05) is 0 Å². The summed E-state index contributed by atoms with van der Waals surface area (Å²) in [5.74, 6) is 0.0235. The Hall–Kier alpha value is -2.24. The Morgan fingerprint density at radius 3 is 2.26 bits per heavy atom. The van der Waals surface area contributed by atoms with Gasteiger partial charge in [0.25, 0.3) is 5.91 Å². The van der Waals surface area contributed by atoms with Gasteiger partial charge in [-0.2, -0.15) is 13.2 Å². The number of nitrogens with one attached hydrogen (secondary N) is 1. The third-order valence-corrected chi connectivity index (χ3v) is 2.57. The van der Waals surface area contributed by atoms with Gasteiger partial charge in [-0.25, -0.2) is 0 Å². The smallest absolute Gasteiger partial charge is 0.416 e. The average molecular weight is 269 g/mol. The number of aryl methyl sites for hydroxylation is 1. The fraction of sp³-hybridized carbons (Fsp3) is 0.154. The van der Waals surface area contributed by atoms with Crippen LogP contribution < -0.4 is 5.32 Å². The van der Waals surface area contributed by atoms with E-state index in [9.17, 15) is 18.0 Å². The maximum Gasteiger partial charge on any atom is 0.416 e. The number of halogens is 3. The quantitative estimate of drug-likeness (QED) is 0.899. The second-order valence-electron chi connectivity index (χ2n) is 3.92. The van der Waals surface area contributed by atoms with Crippen LogP contribution in [0.15, 0.2) is 41.0 Å². The molecule has 1 amide bonds. The van der Waals surface area contributed by atoms with Crippen molar-refractivity contribution in [1.82, 2.24) is 0 Å². The predicted octanol–water partition coefficient (Wildman–Crippen LogP) is 3.86. The summed E-state index contributed by atoms with van der Waals surface area (Å²) >= 11 is 0. The van der Waals surface area contributed by atoms with E-state index in [-0.39, 0.29) is 0 Å². The van der Waals surface area contributed by atoms with Crippen molar-refractivity contribution in [3.8, 4) is 0 Å². The number of anilines is 1. The van der Waals surface area contributed by atoms with Gasteiger partial charge in [-0.1, -0.05) is 0 Å². The van der Waals surface area contributed by atoms with Gasteiger partial charge >= 0.3 is 6.18 Å². The number of carbonyl (C=O) groups excluding carboxylic acids is 1. The minimum atomic E-state index is -4.39. The predicted molar refractivity (Wildman–Crippen MR) is 62.8 cm³/mol. The first-order valence-electron chi connectivity index (χ1n) is 5.40. The highest BCUT2D eigenvalue weighted by molar-refractivity contribution is 6.04. The molecule has 2 aromatic rings. The molecular formula is C13H10F3NO2. The molecule has 1 N–H and O–H groups in total. The van der Waals surface area contributed by atoms with E-state index < -0.39 is 17.6 Å². The van der Waals surface area contributed by atoms with E-state index >= 15 is 0 Å². The maximum absolute atomic E-state index is 12.4. The zero-order valence-electron chi connectivity index (χ0n) is 9.91. The minimum Gasteiger partial charge on any atom is -0.469 e. The molecular weight excluding hydrogens is 259 g/mol. The molecule has 6 heteroatoms. The van der Waals surface area contributed by atoms with Crippen molar-refractivity contribution in [2.45, 2.75) is 13.1 Å². The second kappa shape index (κ2) is 4.79. The molecule has 3 nitrogen and oxygen atoms in total. The number of amides is 1. The lowest BCUT2D eigenvalue weighted by Gasteiger charge is -2.08. The van der Waals surface area contributed by atoms with Crippen molar-refractivity contribution in [3.05, 3.63) is 53.5 Å². The number of hydrogen-bond acceptors (Lipinski definition) is 2. The largest absolute Gasteiger partial charge is 0.469 e.